The lowest BCUT2D eigenvalue weighted by molar-refractivity contribution is -0.193. The van der Waals surface area contributed by atoms with Gasteiger partial charge in [0.2, 0.25) is 0 Å². The molecule has 2 aromatic heterocycles. The topological polar surface area (TPSA) is 111 Å². The average Bonchev–Trinajstić information content (AvgIpc) is 3.50. The molecule has 0 bridgehead atoms. The maximum atomic E-state index is 12.6. The van der Waals surface area contributed by atoms with E-state index < -0.39 is 24.3 Å². The predicted molar refractivity (Wildman–Crippen MR) is 123 cm³/mol. The number of pyridine rings is 1. The fourth-order valence-electron chi connectivity index (χ4n) is 4.05. The number of likely N-dealkylation sites (tertiary alicyclic amines) is 2. The molecule has 2 aliphatic heterocycles. The Morgan fingerprint density at radius 2 is 1.47 bits per heavy atom. The SMILES string of the molecule is O=C(O)C(F)(F)F.O=C(O)C(F)(F)F.O=C(c1cccnc1)N1CCC2(CCN(Cc3cccs3)C2)CC1. The number of alkyl halides is 6. The van der Waals surface area contributed by atoms with Gasteiger partial charge in [0.25, 0.3) is 5.91 Å². The second-order valence-corrected chi connectivity index (χ2v) is 9.71. The first-order chi connectivity index (χ1) is 17.6. The molecule has 0 aliphatic carbocycles. The first kappa shape index (κ1) is 31.0. The Hall–Kier alpha value is -3.20. The van der Waals surface area contributed by atoms with Gasteiger partial charge < -0.3 is 15.1 Å². The van der Waals surface area contributed by atoms with Crippen molar-refractivity contribution in [1.82, 2.24) is 14.8 Å². The molecule has 0 radical (unpaired) electrons. The zero-order valence-electron chi connectivity index (χ0n) is 19.8. The Morgan fingerprint density at radius 1 is 0.921 bits per heavy atom. The summed E-state index contributed by atoms with van der Waals surface area (Å²) in [6.07, 6.45) is -3.26. The fraction of sp³-hybridized carbons (Fsp3) is 0.478. The minimum Gasteiger partial charge on any atom is -0.475 e. The maximum absolute atomic E-state index is 12.6. The van der Waals surface area contributed by atoms with E-state index in [1.165, 1.54) is 24.4 Å². The largest absolute Gasteiger partial charge is 0.490 e. The molecule has 2 fully saturated rings. The van der Waals surface area contributed by atoms with Crippen LogP contribution < -0.4 is 0 Å². The molecule has 0 aromatic carbocycles. The molecule has 15 heteroatoms. The molecule has 1 spiro atoms. The molecule has 2 N–H and O–H groups in total. The summed E-state index contributed by atoms with van der Waals surface area (Å²) >= 11 is 1.85. The summed E-state index contributed by atoms with van der Waals surface area (Å²) in [5.74, 6) is -5.38. The lowest BCUT2D eigenvalue weighted by atomic mass is 9.77. The van der Waals surface area contributed by atoms with E-state index in [0.29, 0.717) is 11.0 Å². The van der Waals surface area contributed by atoms with Gasteiger partial charge in [0.15, 0.2) is 0 Å². The van der Waals surface area contributed by atoms with E-state index in [9.17, 15) is 31.1 Å². The van der Waals surface area contributed by atoms with E-state index in [1.807, 2.05) is 28.4 Å². The van der Waals surface area contributed by atoms with Crippen LogP contribution in [-0.4, -0.2) is 81.4 Å². The van der Waals surface area contributed by atoms with Gasteiger partial charge >= 0.3 is 24.3 Å². The molecule has 4 heterocycles. The number of aromatic nitrogens is 1. The third-order valence-corrected chi connectivity index (χ3v) is 6.84. The van der Waals surface area contributed by atoms with Gasteiger partial charge in [-0.15, -0.1) is 11.3 Å². The van der Waals surface area contributed by atoms with Crippen molar-refractivity contribution in [3.63, 3.8) is 0 Å². The lowest BCUT2D eigenvalue weighted by Gasteiger charge is -2.39. The normalized spacial score (nSPS) is 17.2. The monoisotopic (exact) mass is 569 g/mol. The molecule has 0 saturated carbocycles. The van der Waals surface area contributed by atoms with E-state index >= 15 is 0 Å². The molecule has 0 atom stereocenters. The highest BCUT2D eigenvalue weighted by Gasteiger charge is 2.41. The van der Waals surface area contributed by atoms with Gasteiger partial charge in [-0.1, -0.05) is 6.07 Å². The number of hydrogen-bond donors (Lipinski definition) is 2. The number of nitrogens with zero attached hydrogens (tertiary/aromatic N) is 3. The van der Waals surface area contributed by atoms with Crippen molar-refractivity contribution in [3.8, 4) is 0 Å². The summed E-state index contributed by atoms with van der Waals surface area (Å²) in [4.78, 5) is 40.5. The van der Waals surface area contributed by atoms with Gasteiger partial charge in [-0.3, -0.25) is 14.7 Å². The Morgan fingerprint density at radius 3 is 1.92 bits per heavy atom. The van der Waals surface area contributed by atoms with Crippen LogP contribution >= 0.6 is 11.3 Å². The van der Waals surface area contributed by atoms with Gasteiger partial charge in [0, 0.05) is 43.4 Å². The van der Waals surface area contributed by atoms with Gasteiger partial charge in [0.05, 0.1) is 5.56 Å². The third kappa shape index (κ3) is 9.59. The zero-order valence-corrected chi connectivity index (χ0v) is 20.7. The first-order valence-corrected chi connectivity index (χ1v) is 12.1. The number of rotatable bonds is 3. The summed E-state index contributed by atoms with van der Waals surface area (Å²) in [5, 5.41) is 16.4. The summed E-state index contributed by atoms with van der Waals surface area (Å²) in [5.41, 5.74) is 1.13. The van der Waals surface area contributed by atoms with Crippen LogP contribution in [0.2, 0.25) is 0 Å². The summed E-state index contributed by atoms with van der Waals surface area (Å²) in [6, 6.07) is 8.05. The van der Waals surface area contributed by atoms with Gasteiger partial charge in [-0.05, 0) is 54.8 Å². The van der Waals surface area contributed by atoms with Crippen LogP contribution in [0.4, 0.5) is 26.3 Å². The number of amides is 1. The van der Waals surface area contributed by atoms with Gasteiger partial charge in [-0.2, -0.15) is 26.3 Å². The molecule has 38 heavy (non-hydrogen) atoms. The number of carboxylic acids is 2. The Bertz CT molecular complexity index is 1030. The van der Waals surface area contributed by atoms with Crippen molar-refractivity contribution in [2.75, 3.05) is 26.2 Å². The number of aliphatic carboxylic acids is 2. The molecular formula is C23H25F6N3O5S. The molecule has 4 rings (SSSR count). The standard InChI is InChI=1S/C19H23N3OS.2C2HF3O2/c23-18(16-3-1-8-20-13-16)22-10-6-19(7-11-22)5-9-21(15-19)14-17-4-2-12-24-17;2*3-2(4,5)1(6)7/h1-4,8,12-13H,5-7,9-11,14-15H2;2*(H,6,7). The minimum atomic E-state index is -5.08. The summed E-state index contributed by atoms with van der Waals surface area (Å²) < 4.78 is 63.5. The number of hydrogen-bond acceptors (Lipinski definition) is 6. The Balaban J connectivity index is 0.000000301. The molecule has 2 saturated heterocycles. The van der Waals surface area contributed by atoms with Gasteiger partial charge in [0.1, 0.15) is 0 Å². The number of piperidine rings is 1. The molecular weight excluding hydrogens is 544 g/mol. The predicted octanol–water partition coefficient (Wildman–Crippen LogP) is 4.54. The van der Waals surface area contributed by atoms with Crippen LogP contribution in [0, 0.1) is 5.41 Å². The molecule has 2 aromatic rings. The highest BCUT2D eigenvalue weighted by Crippen LogP contribution is 2.41. The maximum Gasteiger partial charge on any atom is 0.490 e. The zero-order chi connectivity index (χ0) is 28.6. The fourth-order valence-corrected chi connectivity index (χ4v) is 4.80. The van der Waals surface area contributed by atoms with E-state index in [-0.39, 0.29) is 5.91 Å². The number of carboxylic acid groups (broad SMARTS) is 2. The van der Waals surface area contributed by atoms with E-state index in [4.69, 9.17) is 19.8 Å². The molecule has 8 nitrogen and oxygen atoms in total. The Kier molecular flexibility index (Phi) is 10.6. The van der Waals surface area contributed by atoms with Crippen molar-refractivity contribution in [3.05, 3.63) is 52.5 Å². The minimum absolute atomic E-state index is 0.131. The second-order valence-electron chi connectivity index (χ2n) is 8.68. The molecule has 1 amide bonds. The third-order valence-electron chi connectivity index (χ3n) is 5.98. The second kappa shape index (κ2) is 13.0. The van der Waals surface area contributed by atoms with E-state index in [0.717, 1.165) is 32.5 Å². The summed E-state index contributed by atoms with van der Waals surface area (Å²) in [6.45, 7) is 5.20. The number of halogens is 6. The van der Waals surface area contributed by atoms with Crippen LogP contribution in [0.1, 0.15) is 34.5 Å². The van der Waals surface area contributed by atoms with Crippen LogP contribution in [0.25, 0.3) is 0 Å². The smallest absolute Gasteiger partial charge is 0.475 e. The highest BCUT2D eigenvalue weighted by atomic mass is 32.1. The average molecular weight is 570 g/mol. The Labute approximate surface area is 217 Å². The molecule has 210 valence electrons. The lowest BCUT2D eigenvalue weighted by Crippen LogP contribution is -2.44. The molecule has 2 aliphatic rings. The molecule has 0 unspecified atom stereocenters. The van der Waals surface area contributed by atoms with Crippen molar-refractivity contribution >= 4 is 29.2 Å². The summed E-state index contributed by atoms with van der Waals surface area (Å²) in [7, 11) is 0. The number of carbonyl (C=O) groups excluding carboxylic acids is 1. The van der Waals surface area contributed by atoms with Crippen molar-refractivity contribution in [2.45, 2.75) is 38.2 Å². The van der Waals surface area contributed by atoms with Crippen LogP contribution in [-0.2, 0) is 16.1 Å². The number of thiophene rings is 1. The first-order valence-electron chi connectivity index (χ1n) is 11.2. The van der Waals surface area contributed by atoms with Crippen LogP contribution in [0.15, 0.2) is 42.0 Å². The highest BCUT2D eigenvalue weighted by molar-refractivity contribution is 7.09. The van der Waals surface area contributed by atoms with E-state index in [2.05, 4.69) is 27.4 Å². The van der Waals surface area contributed by atoms with Crippen LogP contribution in [0.3, 0.4) is 0 Å². The van der Waals surface area contributed by atoms with Crippen molar-refractivity contribution in [2.24, 2.45) is 5.41 Å². The van der Waals surface area contributed by atoms with Crippen LogP contribution in [0.5, 0.6) is 0 Å². The quantitative estimate of drug-likeness (QED) is 0.523. The number of carbonyl (C=O) groups is 3. The van der Waals surface area contributed by atoms with E-state index in [1.54, 1.807) is 12.4 Å². The van der Waals surface area contributed by atoms with Crippen molar-refractivity contribution in [1.29, 1.82) is 0 Å². The van der Waals surface area contributed by atoms with Gasteiger partial charge in [-0.25, -0.2) is 9.59 Å². The van der Waals surface area contributed by atoms with Crippen molar-refractivity contribution < 1.29 is 50.9 Å².